The molecule has 1 aliphatic rings. The number of rotatable bonds is 4. The average Bonchev–Trinajstić information content (AvgIpc) is 2.62. The zero-order chi connectivity index (χ0) is 18.8. The van der Waals surface area contributed by atoms with E-state index in [2.05, 4.69) is 28.7 Å². The summed E-state index contributed by atoms with van der Waals surface area (Å²) in [4.78, 5) is 0. The van der Waals surface area contributed by atoms with E-state index in [0.717, 1.165) is 14.7 Å². The molecule has 0 aliphatic carbocycles. The molecule has 0 saturated carbocycles. The number of methoxy groups -OCH3 is 1. The minimum absolute atomic E-state index is 0.0264. The van der Waals surface area contributed by atoms with Gasteiger partial charge in [-0.05, 0) is 53.3 Å². The van der Waals surface area contributed by atoms with E-state index >= 15 is 0 Å². The van der Waals surface area contributed by atoms with Crippen molar-refractivity contribution in [1.82, 2.24) is 0 Å². The molecule has 3 N–H and O–H groups in total. The van der Waals surface area contributed by atoms with Gasteiger partial charge >= 0.3 is 0 Å². The monoisotopic (exact) mass is 464 g/mol. The smallest absolute Gasteiger partial charge is 0.205 e. The fraction of sp³-hybridized carbons (Fsp3) is 0.211. The molecule has 1 atom stereocenters. The lowest BCUT2D eigenvalue weighted by atomic mass is 9.83. The number of phenolic OH excluding ortho intramolecular Hbond substituents is 1. The van der Waals surface area contributed by atoms with Gasteiger partial charge in [0.1, 0.15) is 23.1 Å². The number of phenols is 1. The standard InChI is InChI=1S/C19H17IN2O4/c1-3-25-18-14(20)6-10(7-16(18)24-2)17-12-5-4-11(23)8-15(12)26-19(22)13(17)9-21/h4-8,17,23H,3,22H2,1-2H3/t17-/m1/s1. The molecule has 0 bridgehead atoms. The van der Waals surface area contributed by atoms with Crippen LogP contribution in [0.1, 0.15) is 24.0 Å². The minimum Gasteiger partial charge on any atom is -0.508 e. The summed E-state index contributed by atoms with van der Waals surface area (Å²) < 4.78 is 17.5. The van der Waals surface area contributed by atoms with Crippen LogP contribution in [-0.4, -0.2) is 18.8 Å². The number of allylic oxidation sites excluding steroid dienone is 1. The number of halogens is 1. The number of hydrogen-bond donors (Lipinski definition) is 2. The number of fused-ring (bicyclic) bond motifs is 1. The zero-order valence-corrected chi connectivity index (χ0v) is 16.4. The van der Waals surface area contributed by atoms with Gasteiger partial charge in [0.05, 0.1) is 23.2 Å². The number of ether oxygens (including phenoxy) is 3. The summed E-state index contributed by atoms with van der Waals surface area (Å²) in [5, 5.41) is 19.4. The van der Waals surface area contributed by atoms with Gasteiger partial charge in [0, 0.05) is 11.6 Å². The van der Waals surface area contributed by atoms with Crippen molar-refractivity contribution in [3.8, 4) is 29.1 Å². The van der Waals surface area contributed by atoms with Gasteiger partial charge in [0.2, 0.25) is 5.88 Å². The average molecular weight is 464 g/mol. The summed E-state index contributed by atoms with van der Waals surface area (Å²) in [6, 6.07) is 10.7. The highest BCUT2D eigenvalue weighted by atomic mass is 127. The highest BCUT2D eigenvalue weighted by Crippen LogP contribution is 2.46. The molecule has 0 saturated heterocycles. The Balaban J connectivity index is 2.22. The first-order valence-corrected chi connectivity index (χ1v) is 8.98. The van der Waals surface area contributed by atoms with Crippen LogP contribution < -0.4 is 19.9 Å². The van der Waals surface area contributed by atoms with Gasteiger partial charge in [0.15, 0.2) is 11.5 Å². The first-order valence-electron chi connectivity index (χ1n) is 7.90. The Labute approximate surface area is 164 Å². The van der Waals surface area contributed by atoms with Crippen LogP contribution in [0.5, 0.6) is 23.0 Å². The van der Waals surface area contributed by atoms with E-state index in [1.807, 2.05) is 19.1 Å². The molecular formula is C19H17IN2O4. The first kappa shape index (κ1) is 18.2. The molecule has 0 unspecified atom stereocenters. The summed E-state index contributed by atoms with van der Waals surface area (Å²) in [5.74, 6) is 1.33. The lowest BCUT2D eigenvalue weighted by Crippen LogP contribution is -2.21. The van der Waals surface area contributed by atoms with Gasteiger partial charge < -0.3 is 25.1 Å². The van der Waals surface area contributed by atoms with Gasteiger partial charge in [0.25, 0.3) is 0 Å². The summed E-state index contributed by atoms with van der Waals surface area (Å²) in [7, 11) is 1.57. The van der Waals surface area contributed by atoms with Crippen molar-refractivity contribution in [1.29, 1.82) is 5.26 Å². The second-order valence-electron chi connectivity index (χ2n) is 5.61. The third-order valence-corrected chi connectivity index (χ3v) is 4.88. The van der Waals surface area contributed by atoms with Crippen molar-refractivity contribution in [2.75, 3.05) is 13.7 Å². The number of nitriles is 1. The molecule has 7 heteroatoms. The van der Waals surface area contributed by atoms with Gasteiger partial charge in [-0.2, -0.15) is 5.26 Å². The number of nitrogens with zero attached hydrogens (tertiary/aromatic N) is 1. The van der Waals surface area contributed by atoms with Gasteiger partial charge in [-0.25, -0.2) is 0 Å². The van der Waals surface area contributed by atoms with E-state index in [0.29, 0.717) is 29.4 Å². The van der Waals surface area contributed by atoms with Crippen molar-refractivity contribution < 1.29 is 19.3 Å². The Morgan fingerprint density at radius 1 is 1.35 bits per heavy atom. The van der Waals surface area contributed by atoms with Crippen molar-refractivity contribution >= 4 is 22.6 Å². The topological polar surface area (TPSA) is 97.7 Å². The predicted molar refractivity (Wildman–Crippen MR) is 104 cm³/mol. The van der Waals surface area contributed by atoms with Crippen molar-refractivity contribution in [3.05, 3.63) is 56.5 Å². The van der Waals surface area contributed by atoms with Gasteiger partial charge in [-0.3, -0.25) is 0 Å². The molecule has 26 heavy (non-hydrogen) atoms. The second-order valence-corrected chi connectivity index (χ2v) is 6.78. The SMILES string of the molecule is CCOc1c(I)cc([C@H]2C(C#N)=C(N)Oc3cc(O)ccc32)cc1OC. The zero-order valence-electron chi connectivity index (χ0n) is 14.2. The van der Waals surface area contributed by atoms with Crippen LogP contribution in [0.2, 0.25) is 0 Å². The fourth-order valence-electron chi connectivity index (χ4n) is 2.98. The maximum absolute atomic E-state index is 9.74. The third-order valence-electron chi connectivity index (χ3n) is 4.08. The summed E-state index contributed by atoms with van der Waals surface area (Å²) in [5.41, 5.74) is 7.84. The van der Waals surface area contributed by atoms with Crippen LogP contribution in [0.15, 0.2) is 41.8 Å². The maximum atomic E-state index is 9.74. The van der Waals surface area contributed by atoms with Crippen LogP contribution >= 0.6 is 22.6 Å². The molecule has 6 nitrogen and oxygen atoms in total. The van der Waals surface area contributed by atoms with Crippen molar-refractivity contribution in [2.24, 2.45) is 5.73 Å². The van der Waals surface area contributed by atoms with Crippen molar-refractivity contribution in [3.63, 3.8) is 0 Å². The lowest BCUT2D eigenvalue weighted by Gasteiger charge is -2.27. The predicted octanol–water partition coefficient (Wildman–Crippen LogP) is 3.62. The second kappa shape index (κ2) is 7.33. The van der Waals surface area contributed by atoms with E-state index in [1.165, 1.54) is 6.07 Å². The lowest BCUT2D eigenvalue weighted by molar-refractivity contribution is 0.308. The molecule has 0 spiro atoms. The van der Waals surface area contributed by atoms with E-state index in [9.17, 15) is 10.4 Å². The van der Waals surface area contributed by atoms with Gasteiger partial charge in [-0.15, -0.1) is 0 Å². The molecule has 1 heterocycles. The van der Waals surface area contributed by atoms with Crippen LogP contribution in [-0.2, 0) is 0 Å². The molecule has 0 amide bonds. The molecule has 0 fully saturated rings. The van der Waals surface area contributed by atoms with E-state index < -0.39 is 5.92 Å². The van der Waals surface area contributed by atoms with E-state index in [-0.39, 0.29) is 11.6 Å². The Kier molecular flexibility index (Phi) is 5.13. The quantitative estimate of drug-likeness (QED) is 0.671. The normalized spacial score (nSPS) is 15.7. The molecule has 1 aliphatic heterocycles. The van der Waals surface area contributed by atoms with Crippen LogP contribution in [0.3, 0.4) is 0 Å². The van der Waals surface area contributed by atoms with Crippen molar-refractivity contribution in [2.45, 2.75) is 12.8 Å². The minimum atomic E-state index is -0.428. The van der Waals surface area contributed by atoms with Crippen LogP contribution in [0.4, 0.5) is 0 Å². The molecule has 2 aromatic carbocycles. The first-order chi connectivity index (χ1) is 12.5. The number of aromatic hydroxyl groups is 1. The Bertz CT molecular complexity index is 934. The third kappa shape index (κ3) is 3.12. The van der Waals surface area contributed by atoms with Crippen LogP contribution in [0.25, 0.3) is 0 Å². The highest BCUT2D eigenvalue weighted by molar-refractivity contribution is 14.1. The maximum Gasteiger partial charge on any atom is 0.205 e. The molecule has 3 rings (SSSR count). The van der Waals surface area contributed by atoms with E-state index in [4.69, 9.17) is 19.9 Å². The van der Waals surface area contributed by atoms with Gasteiger partial charge in [-0.1, -0.05) is 6.07 Å². The molecule has 134 valence electrons. The molecule has 0 aromatic heterocycles. The Morgan fingerprint density at radius 3 is 2.77 bits per heavy atom. The Morgan fingerprint density at radius 2 is 2.12 bits per heavy atom. The molecular weight excluding hydrogens is 447 g/mol. The highest BCUT2D eigenvalue weighted by Gasteiger charge is 2.32. The summed E-state index contributed by atoms with van der Waals surface area (Å²) in [6.07, 6.45) is 0. The number of benzene rings is 2. The number of nitrogens with two attached hydrogens (primary N) is 1. The largest absolute Gasteiger partial charge is 0.508 e. The van der Waals surface area contributed by atoms with E-state index in [1.54, 1.807) is 19.2 Å². The Hall–Kier alpha value is -2.60. The fourth-order valence-corrected chi connectivity index (χ4v) is 3.76. The summed E-state index contributed by atoms with van der Waals surface area (Å²) >= 11 is 2.18. The summed E-state index contributed by atoms with van der Waals surface area (Å²) in [6.45, 7) is 2.42. The number of hydrogen-bond acceptors (Lipinski definition) is 6. The molecule has 0 radical (unpaired) electrons. The van der Waals surface area contributed by atoms with Crippen LogP contribution in [0, 0.1) is 14.9 Å². The molecule has 2 aromatic rings.